The van der Waals surface area contributed by atoms with Crippen LogP contribution in [0.4, 0.5) is 0 Å². The van der Waals surface area contributed by atoms with E-state index >= 15 is 0 Å². The molecule has 0 spiro atoms. The van der Waals surface area contributed by atoms with Gasteiger partial charge >= 0.3 is 0 Å². The van der Waals surface area contributed by atoms with Crippen LogP contribution in [0, 0.1) is 0 Å². The molecule has 0 bridgehead atoms. The Morgan fingerprint density at radius 3 is 0.914 bits per heavy atom. The van der Waals surface area contributed by atoms with Gasteiger partial charge in [-0.25, -0.2) is 0 Å². The van der Waals surface area contributed by atoms with Crippen LogP contribution in [0.5, 0.6) is 0 Å². The van der Waals surface area contributed by atoms with E-state index in [1.807, 2.05) is 0 Å². The molecule has 14 aromatic rings. The van der Waals surface area contributed by atoms with Crippen molar-refractivity contribution in [1.29, 1.82) is 0 Å². The van der Waals surface area contributed by atoms with Gasteiger partial charge in [-0.3, -0.25) is 0 Å². The highest BCUT2D eigenvalue weighted by molar-refractivity contribution is 6.26. The predicted octanol–water partition coefficient (Wildman–Crippen LogP) is 19.8. The largest absolute Gasteiger partial charge is 0.0622 e. The summed E-state index contributed by atoms with van der Waals surface area (Å²) in [7, 11) is 0. The molecule has 0 amide bonds. The van der Waals surface area contributed by atoms with Crippen molar-refractivity contribution in [3.63, 3.8) is 0 Å². The van der Waals surface area contributed by atoms with E-state index in [9.17, 15) is 0 Å². The van der Waals surface area contributed by atoms with Crippen LogP contribution in [0.25, 0.3) is 142 Å². The van der Waals surface area contributed by atoms with Crippen molar-refractivity contribution in [2.24, 2.45) is 0 Å². The van der Waals surface area contributed by atoms with Crippen molar-refractivity contribution in [3.05, 3.63) is 267 Å². The fourth-order valence-corrected chi connectivity index (χ4v) is 11.7. The molecule has 0 heterocycles. The molecule has 0 radical (unpaired) electrons. The summed E-state index contributed by atoms with van der Waals surface area (Å²) < 4.78 is 0. The van der Waals surface area contributed by atoms with Crippen LogP contribution in [-0.4, -0.2) is 0 Å². The first-order valence-corrected chi connectivity index (χ1v) is 24.3. The van der Waals surface area contributed by atoms with E-state index < -0.39 is 0 Å². The summed E-state index contributed by atoms with van der Waals surface area (Å²) >= 11 is 0. The summed E-state index contributed by atoms with van der Waals surface area (Å²) in [5.74, 6) is 0. The Balaban J connectivity index is 0.841. The third kappa shape index (κ3) is 6.38. The lowest BCUT2D eigenvalue weighted by atomic mass is 9.83. The Morgan fingerprint density at radius 1 is 0.143 bits per heavy atom. The van der Waals surface area contributed by atoms with Crippen LogP contribution in [0.3, 0.4) is 0 Å². The molecule has 0 aromatic heterocycles. The van der Waals surface area contributed by atoms with Gasteiger partial charge in [0.05, 0.1) is 0 Å². The van der Waals surface area contributed by atoms with Gasteiger partial charge in [0, 0.05) is 0 Å². The molecule has 0 aliphatic rings. The van der Waals surface area contributed by atoms with Gasteiger partial charge in [-0.1, -0.05) is 255 Å². The Labute approximate surface area is 407 Å². The molecular weight excluding hydrogens is 841 g/mol. The van der Waals surface area contributed by atoms with E-state index in [1.165, 1.54) is 142 Å². The van der Waals surface area contributed by atoms with Crippen molar-refractivity contribution in [2.75, 3.05) is 0 Å². The predicted molar refractivity (Wildman–Crippen MR) is 302 cm³/mol. The van der Waals surface area contributed by atoms with Gasteiger partial charge in [0.2, 0.25) is 0 Å². The van der Waals surface area contributed by atoms with Gasteiger partial charge in [-0.2, -0.15) is 0 Å². The van der Waals surface area contributed by atoms with Crippen molar-refractivity contribution >= 4 is 75.4 Å². The molecule has 0 saturated carbocycles. The highest BCUT2D eigenvalue weighted by Crippen LogP contribution is 2.48. The second kappa shape index (κ2) is 16.3. The van der Waals surface area contributed by atoms with Gasteiger partial charge in [-0.05, 0) is 154 Å². The SMILES string of the molecule is c1ccc(-c2c3ccccc3c(-c3ccc(-c4cccc5cc(-c6ccc7c(-c8c9ccccc9c(-c9cccc%10ccccc9%10)c9ccccc89)cccc7c6)ccc45)cc3)c3ccccc23)cc1. The summed E-state index contributed by atoms with van der Waals surface area (Å²) in [6.45, 7) is 0. The van der Waals surface area contributed by atoms with E-state index in [1.54, 1.807) is 0 Å². The number of fused-ring (bicyclic) bond motifs is 7. The minimum absolute atomic E-state index is 1.21. The van der Waals surface area contributed by atoms with Gasteiger partial charge < -0.3 is 0 Å². The molecule has 0 heteroatoms. The average Bonchev–Trinajstić information content (AvgIpc) is 3.43. The maximum atomic E-state index is 2.37. The van der Waals surface area contributed by atoms with Crippen LogP contribution in [-0.2, 0) is 0 Å². The topological polar surface area (TPSA) is 0 Å². The zero-order chi connectivity index (χ0) is 46.1. The fraction of sp³-hybridized carbons (Fsp3) is 0. The van der Waals surface area contributed by atoms with Crippen LogP contribution >= 0.6 is 0 Å². The van der Waals surface area contributed by atoms with Crippen molar-refractivity contribution < 1.29 is 0 Å². The molecule has 0 saturated heterocycles. The summed E-state index contributed by atoms with van der Waals surface area (Å²) in [6, 6.07) is 98.7. The molecule has 0 N–H and O–H groups in total. The molecule has 0 fully saturated rings. The first-order chi connectivity index (χ1) is 34.7. The van der Waals surface area contributed by atoms with Crippen LogP contribution < -0.4 is 0 Å². The van der Waals surface area contributed by atoms with E-state index in [-0.39, 0.29) is 0 Å². The minimum atomic E-state index is 1.21. The molecule has 14 aromatic carbocycles. The van der Waals surface area contributed by atoms with Gasteiger partial charge in [0.15, 0.2) is 0 Å². The summed E-state index contributed by atoms with van der Waals surface area (Å²) in [5, 5.41) is 17.6. The number of hydrogen-bond donors (Lipinski definition) is 0. The maximum Gasteiger partial charge on any atom is -0.00201 e. The Morgan fingerprint density at radius 2 is 0.443 bits per heavy atom. The zero-order valence-corrected chi connectivity index (χ0v) is 38.4. The highest BCUT2D eigenvalue weighted by Gasteiger charge is 2.20. The standard InChI is InChI=1S/C70H44/c1-2-18-47(19-3-1)67-59-24-6-8-26-61(59)68(62-27-9-7-25-60(62)67)48-37-35-46(36-38-48)53-32-15-21-51-43-49(39-41-55(51)53)50-40-42-56-52(44-50)22-16-34-58(56)70-65-30-12-10-28-63(65)69(64-29-11-13-31-66(64)70)57-33-14-20-45-17-4-5-23-54(45)57/h1-44H. The van der Waals surface area contributed by atoms with Gasteiger partial charge in [0.25, 0.3) is 0 Å². The number of rotatable bonds is 6. The molecule has 324 valence electrons. The fourth-order valence-electron chi connectivity index (χ4n) is 11.7. The summed E-state index contributed by atoms with van der Waals surface area (Å²) in [5.41, 5.74) is 15.0. The molecule has 0 unspecified atom stereocenters. The van der Waals surface area contributed by atoms with Gasteiger partial charge in [0.1, 0.15) is 0 Å². The molecule has 0 nitrogen and oxygen atoms in total. The van der Waals surface area contributed by atoms with E-state index in [0.29, 0.717) is 0 Å². The first-order valence-electron chi connectivity index (χ1n) is 24.3. The molecule has 14 rings (SSSR count). The molecule has 0 atom stereocenters. The van der Waals surface area contributed by atoms with Crippen LogP contribution in [0.2, 0.25) is 0 Å². The van der Waals surface area contributed by atoms with Crippen LogP contribution in [0.1, 0.15) is 0 Å². The molecule has 70 heavy (non-hydrogen) atoms. The second-order valence-electron chi connectivity index (χ2n) is 18.6. The summed E-state index contributed by atoms with van der Waals surface area (Å²) in [6.07, 6.45) is 0. The average molecular weight is 885 g/mol. The van der Waals surface area contributed by atoms with Gasteiger partial charge in [-0.15, -0.1) is 0 Å². The lowest BCUT2D eigenvalue weighted by molar-refractivity contribution is 1.62. The highest BCUT2D eigenvalue weighted by atomic mass is 14.2. The van der Waals surface area contributed by atoms with Crippen LogP contribution in [0.15, 0.2) is 267 Å². The lowest BCUT2D eigenvalue weighted by Crippen LogP contribution is -1.92. The van der Waals surface area contributed by atoms with Crippen molar-refractivity contribution in [2.45, 2.75) is 0 Å². The van der Waals surface area contributed by atoms with E-state index in [0.717, 1.165) is 0 Å². The minimum Gasteiger partial charge on any atom is -0.0622 e. The monoisotopic (exact) mass is 884 g/mol. The van der Waals surface area contributed by atoms with E-state index in [4.69, 9.17) is 0 Å². The quantitative estimate of drug-likeness (QED) is 0.146. The second-order valence-corrected chi connectivity index (χ2v) is 18.6. The Hall–Kier alpha value is -9.10. The number of hydrogen-bond acceptors (Lipinski definition) is 0. The maximum absolute atomic E-state index is 2.37. The molecule has 0 aliphatic heterocycles. The normalized spacial score (nSPS) is 11.7. The summed E-state index contributed by atoms with van der Waals surface area (Å²) in [4.78, 5) is 0. The molecular formula is C70H44. The third-order valence-electron chi connectivity index (χ3n) is 14.8. The smallest absolute Gasteiger partial charge is 0.00201 e. The Bertz CT molecular complexity index is 4270. The first kappa shape index (κ1) is 40.0. The lowest BCUT2D eigenvalue weighted by Gasteiger charge is -2.20. The third-order valence-corrected chi connectivity index (χ3v) is 14.8. The zero-order valence-electron chi connectivity index (χ0n) is 38.4. The van der Waals surface area contributed by atoms with Crippen molar-refractivity contribution in [1.82, 2.24) is 0 Å². The van der Waals surface area contributed by atoms with Crippen molar-refractivity contribution in [3.8, 4) is 66.8 Å². The number of benzene rings is 14. The molecule has 0 aliphatic carbocycles. The van der Waals surface area contributed by atoms with E-state index in [2.05, 4.69) is 267 Å². The Kier molecular flexibility index (Phi) is 9.32.